The first-order chi connectivity index (χ1) is 13.0. The van der Waals surface area contributed by atoms with E-state index in [4.69, 9.17) is 0 Å². The number of rotatable bonds is 3. The van der Waals surface area contributed by atoms with Crippen molar-refractivity contribution in [1.29, 1.82) is 0 Å². The molecule has 3 heterocycles. The van der Waals surface area contributed by atoms with E-state index in [1.165, 1.54) is 24.3 Å². The van der Waals surface area contributed by atoms with Crippen LogP contribution in [0.4, 0.5) is 9.18 Å². The molecule has 0 saturated carbocycles. The molecule has 6 nitrogen and oxygen atoms in total. The number of halogens is 1. The van der Waals surface area contributed by atoms with Gasteiger partial charge in [0.1, 0.15) is 5.82 Å². The Kier molecular flexibility index (Phi) is 5.04. The van der Waals surface area contributed by atoms with Gasteiger partial charge >= 0.3 is 6.09 Å². The van der Waals surface area contributed by atoms with Crippen molar-refractivity contribution < 1.29 is 19.1 Å². The average Bonchev–Trinajstić information content (AvgIpc) is 2.93. The second kappa shape index (κ2) is 7.46. The maximum Gasteiger partial charge on any atom is 0.407 e. The molecule has 0 aromatic heterocycles. The van der Waals surface area contributed by atoms with E-state index in [2.05, 4.69) is 10.2 Å². The van der Waals surface area contributed by atoms with Crippen molar-refractivity contribution >= 4 is 12.0 Å². The molecular formula is C20H26FN3O3. The van der Waals surface area contributed by atoms with Crippen LogP contribution in [0.3, 0.4) is 0 Å². The monoisotopic (exact) mass is 375 g/mol. The van der Waals surface area contributed by atoms with Crippen molar-refractivity contribution in [3.05, 3.63) is 35.6 Å². The van der Waals surface area contributed by atoms with Gasteiger partial charge in [-0.3, -0.25) is 9.69 Å². The molecule has 7 heteroatoms. The van der Waals surface area contributed by atoms with Crippen LogP contribution in [0.5, 0.6) is 0 Å². The van der Waals surface area contributed by atoms with Gasteiger partial charge < -0.3 is 15.3 Å². The van der Waals surface area contributed by atoms with Gasteiger partial charge in [-0.25, -0.2) is 9.18 Å². The SMILES string of the molecule is O=C(NC1CCCN(C2CC3CCC(C2)N3C(=O)O)C1)c1ccc(F)cc1. The zero-order valence-electron chi connectivity index (χ0n) is 15.3. The average molecular weight is 375 g/mol. The molecule has 1 aromatic rings. The van der Waals surface area contributed by atoms with E-state index in [-0.39, 0.29) is 29.8 Å². The highest BCUT2D eigenvalue weighted by atomic mass is 19.1. The van der Waals surface area contributed by atoms with E-state index in [1.54, 1.807) is 4.90 Å². The van der Waals surface area contributed by atoms with Crippen LogP contribution in [0.25, 0.3) is 0 Å². The van der Waals surface area contributed by atoms with Gasteiger partial charge in [-0.2, -0.15) is 0 Å². The lowest BCUT2D eigenvalue weighted by Gasteiger charge is -2.45. The number of benzene rings is 1. The number of piperidine rings is 2. The summed E-state index contributed by atoms with van der Waals surface area (Å²) in [6.07, 6.45) is 4.87. The number of carbonyl (C=O) groups excluding carboxylic acids is 1. The molecule has 1 aromatic carbocycles. The highest BCUT2D eigenvalue weighted by molar-refractivity contribution is 5.94. The fourth-order valence-electron chi connectivity index (χ4n) is 5.08. The number of fused-ring (bicyclic) bond motifs is 2. The summed E-state index contributed by atoms with van der Waals surface area (Å²) in [5.74, 6) is -0.514. The predicted molar refractivity (Wildman–Crippen MR) is 98.2 cm³/mol. The molecule has 3 fully saturated rings. The number of nitrogens with zero attached hydrogens (tertiary/aromatic N) is 2. The van der Waals surface area contributed by atoms with Gasteiger partial charge in [0.25, 0.3) is 5.91 Å². The molecule has 3 unspecified atom stereocenters. The van der Waals surface area contributed by atoms with Crippen LogP contribution in [-0.4, -0.2) is 64.2 Å². The van der Waals surface area contributed by atoms with Crippen molar-refractivity contribution in [2.24, 2.45) is 0 Å². The first kappa shape index (κ1) is 18.2. The lowest BCUT2D eigenvalue weighted by atomic mass is 9.93. The lowest BCUT2D eigenvalue weighted by Crippen LogP contribution is -2.56. The molecule has 4 rings (SSSR count). The van der Waals surface area contributed by atoms with Crippen LogP contribution in [-0.2, 0) is 0 Å². The Morgan fingerprint density at radius 3 is 2.33 bits per heavy atom. The smallest absolute Gasteiger partial charge is 0.407 e. The van der Waals surface area contributed by atoms with E-state index in [1.807, 2.05) is 0 Å². The molecule has 3 saturated heterocycles. The standard InChI is InChI=1S/C20H26FN3O3/c21-14-5-3-13(4-6-14)19(25)22-15-2-1-9-23(12-15)18-10-16-7-8-17(11-18)24(16)20(26)27/h3-6,15-18H,1-2,7-12H2,(H,22,25)(H,26,27). The first-order valence-electron chi connectivity index (χ1n) is 9.83. The van der Waals surface area contributed by atoms with Gasteiger partial charge in [-0.15, -0.1) is 0 Å². The summed E-state index contributed by atoms with van der Waals surface area (Å²) in [7, 11) is 0. The molecule has 0 radical (unpaired) electrons. The minimum atomic E-state index is -0.788. The number of carboxylic acid groups (broad SMARTS) is 1. The number of amides is 2. The number of carbonyl (C=O) groups is 2. The van der Waals surface area contributed by atoms with Crippen molar-refractivity contribution in [3.8, 4) is 0 Å². The third-order valence-electron chi connectivity index (χ3n) is 6.34. The summed E-state index contributed by atoms with van der Waals surface area (Å²) in [5.41, 5.74) is 0.473. The van der Waals surface area contributed by atoms with Crippen molar-refractivity contribution in [3.63, 3.8) is 0 Å². The van der Waals surface area contributed by atoms with Crippen molar-refractivity contribution in [2.45, 2.75) is 62.7 Å². The molecule has 2 amide bonds. The van der Waals surface area contributed by atoms with Crippen LogP contribution >= 0.6 is 0 Å². The van der Waals surface area contributed by atoms with Crippen LogP contribution < -0.4 is 5.32 Å². The normalized spacial score (nSPS) is 30.9. The van der Waals surface area contributed by atoms with E-state index in [9.17, 15) is 19.1 Å². The maximum atomic E-state index is 13.0. The molecule has 0 aliphatic carbocycles. The Balaban J connectivity index is 1.35. The zero-order chi connectivity index (χ0) is 19.0. The Bertz CT molecular complexity index is 697. The van der Waals surface area contributed by atoms with E-state index in [0.29, 0.717) is 11.6 Å². The van der Waals surface area contributed by atoms with Gasteiger partial charge in [0.05, 0.1) is 0 Å². The first-order valence-corrected chi connectivity index (χ1v) is 9.83. The van der Waals surface area contributed by atoms with Crippen molar-refractivity contribution in [2.75, 3.05) is 13.1 Å². The molecule has 27 heavy (non-hydrogen) atoms. The summed E-state index contributed by atoms with van der Waals surface area (Å²) in [4.78, 5) is 28.0. The van der Waals surface area contributed by atoms with Gasteiger partial charge in [0, 0.05) is 36.3 Å². The topological polar surface area (TPSA) is 72.9 Å². The third kappa shape index (κ3) is 3.78. The molecule has 3 aliphatic rings. The molecule has 3 atom stereocenters. The number of hydrogen-bond acceptors (Lipinski definition) is 3. The third-order valence-corrected chi connectivity index (χ3v) is 6.34. The maximum absolute atomic E-state index is 13.0. The molecule has 2 bridgehead atoms. The Morgan fingerprint density at radius 2 is 1.70 bits per heavy atom. The van der Waals surface area contributed by atoms with Gasteiger partial charge in [-0.1, -0.05) is 0 Å². The second-order valence-electron chi connectivity index (χ2n) is 8.01. The zero-order valence-corrected chi connectivity index (χ0v) is 15.3. The van der Waals surface area contributed by atoms with Crippen LogP contribution in [0, 0.1) is 5.82 Å². The summed E-state index contributed by atoms with van der Waals surface area (Å²) in [5, 5.41) is 12.5. The van der Waals surface area contributed by atoms with Crippen LogP contribution in [0.2, 0.25) is 0 Å². The molecule has 3 aliphatic heterocycles. The Labute approximate surface area is 158 Å². The Morgan fingerprint density at radius 1 is 1.04 bits per heavy atom. The number of nitrogens with one attached hydrogen (secondary N) is 1. The molecule has 0 spiro atoms. The summed E-state index contributed by atoms with van der Waals surface area (Å²) < 4.78 is 13.0. The van der Waals surface area contributed by atoms with E-state index >= 15 is 0 Å². The van der Waals surface area contributed by atoms with Crippen LogP contribution in [0.1, 0.15) is 48.9 Å². The Hall–Kier alpha value is -2.15. The number of likely N-dealkylation sites (tertiary alicyclic amines) is 1. The summed E-state index contributed by atoms with van der Waals surface area (Å²) in [6.45, 7) is 1.80. The lowest BCUT2D eigenvalue weighted by molar-refractivity contribution is 0.0419. The minimum absolute atomic E-state index is 0.0754. The highest BCUT2D eigenvalue weighted by Gasteiger charge is 2.45. The number of hydrogen-bond donors (Lipinski definition) is 2. The van der Waals surface area contributed by atoms with Gasteiger partial charge in [-0.05, 0) is 69.3 Å². The summed E-state index contributed by atoms with van der Waals surface area (Å²) >= 11 is 0. The predicted octanol–water partition coefficient (Wildman–Crippen LogP) is 2.69. The summed E-state index contributed by atoms with van der Waals surface area (Å²) in [6, 6.07) is 6.35. The van der Waals surface area contributed by atoms with Gasteiger partial charge in [0.15, 0.2) is 0 Å². The largest absolute Gasteiger partial charge is 0.465 e. The van der Waals surface area contributed by atoms with E-state index < -0.39 is 6.09 Å². The quantitative estimate of drug-likeness (QED) is 0.852. The van der Waals surface area contributed by atoms with Crippen LogP contribution in [0.15, 0.2) is 24.3 Å². The fourth-order valence-corrected chi connectivity index (χ4v) is 5.08. The minimum Gasteiger partial charge on any atom is -0.465 e. The second-order valence-corrected chi connectivity index (χ2v) is 8.01. The fraction of sp³-hybridized carbons (Fsp3) is 0.600. The molecule has 2 N–H and O–H groups in total. The van der Waals surface area contributed by atoms with E-state index in [0.717, 1.165) is 51.6 Å². The van der Waals surface area contributed by atoms with Gasteiger partial charge in [0.2, 0.25) is 0 Å². The molecular weight excluding hydrogens is 349 g/mol. The molecule has 146 valence electrons. The highest BCUT2D eigenvalue weighted by Crippen LogP contribution is 2.38. The van der Waals surface area contributed by atoms with Crippen molar-refractivity contribution in [1.82, 2.24) is 15.1 Å².